The molecule has 0 radical (unpaired) electrons. The lowest BCUT2D eigenvalue weighted by atomic mass is 10.0. The number of halogens is 1. The van der Waals surface area contributed by atoms with Crippen molar-refractivity contribution in [2.45, 2.75) is 13.3 Å². The first kappa shape index (κ1) is 15.4. The van der Waals surface area contributed by atoms with Crippen LogP contribution in [0.3, 0.4) is 0 Å². The van der Waals surface area contributed by atoms with Crippen LogP contribution in [-0.2, 0) is 6.42 Å². The molecule has 0 spiro atoms. The highest BCUT2D eigenvalue weighted by Crippen LogP contribution is 2.35. The highest BCUT2D eigenvalue weighted by molar-refractivity contribution is 6.34. The Morgan fingerprint density at radius 3 is 2.86 bits per heavy atom. The molecule has 0 bridgehead atoms. The van der Waals surface area contributed by atoms with Gasteiger partial charge in [0, 0.05) is 25.1 Å². The summed E-state index contributed by atoms with van der Waals surface area (Å²) in [7, 11) is 1.48. The van der Waals surface area contributed by atoms with Crippen LogP contribution < -0.4 is 16.2 Å². The van der Waals surface area contributed by atoms with Gasteiger partial charge in [-0.15, -0.1) is 0 Å². The molecule has 0 aliphatic carbocycles. The van der Waals surface area contributed by atoms with Crippen molar-refractivity contribution in [2.75, 3.05) is 32.5 Å². The van der Waals surface area contributed by atoms with Crippen LogP contribution >= 0.6 is 11.6 Å². The Bertz CT molecular complexity index is 601. The largest absolute Gasteiger partial charge is 0.496 e. The number of carbonyl (C=O) groups is 1. The second kappa shape index (κ2) is 6.22. The zero-order valence-corrected chi connectivity index (χ0v) is 12.9. The summed E-state index contributed by atoms with van der Waals surface area (Å²) in [6.07, 6.45) is 0.462. The van der Waals surface area contributed by atoms with Gasteiger partial charge in [0.1, 0.15) is 11.6 Å². The molecule has 4 N–H and O–H groups in total. The summed E-state index contributed by atoms with van der Waals surface area (Å²) in [5.74, 6) is 0.686. The summed E-state index contributed by atoms with van der Waals surface area (Å²) in [6, 6.07) is 1.44. The Kier molecular flexibility index (Phi) is 4.57. The van der Waals surface area contributed by atoms with Crippen LogP contribution in [0.15, 0.2) is 11.1 Å². The summed E-state index contributed by atoms with van der Waals surface area (Å²) in [6.45, 7) is 4.57. The molecule has 1 aliphatic rings. The van der Waals surface area contributed by atoms with E-state index in [1.807, 2.05) is 0 Å². The molecular weight excluding hydrogens is 292 g/mol. The van der Waals surface area contributed by atoms with E-state index in [1.54, 1.807) is 0 Å². The van der Waals surface area contributed by atoms with E-state index in [2.05, 4.69) is 16.8 Å². The molecule has 0 saturated heterocycles. The minimum Gasteiger partial charge on any atom is -0.496 e. The minimum absolute atomic E-state index is 0.230. The number of nitrogen functional groups attached to an aromatic ring is 1. The van der Waals surface area contributed by atoms with Gasteiger partial charge < -0.3 is 21.1 Å². The number of rotatable bonds is 5. The molecule has 0 aromatic heterocycles. The molecule has 1 aromatic carbocycles. The highest BCUT2D eigenvalue weighted by atomic mass is 35.5. The zero-order chi connectivity index (χ0) is 15.6. The van der Waals surface area contributed by atoms with E-state index in [0.29, 0.717) is 28.4 Å². The quantitative estimate of drug-likeness (QED) is 0.802. The van der Waals surface area contributed by atoms with Gasteiger partial charge in [0.25, 0.3) is 5.91 Å². The highest BCUT2D eigenvalue weighted by Gasteiger charge is 2.23. The van der Waals surface area contributed by atoms with Crippen molar-refractivity contribution < 1.29 is 9.53 Å². The van der Waals surface area contributed by atoms with Gasteiger partial charge in [-0.25, -0.2) is 0 Å². The van der Waals surface area contributed by atoms with Gasteiger partial charge in [0.05, 0.1) is 29.9 Å². The summed E-state index contributed by atoms with van der Waals surface area (Å²) in [5.41, 5.74) is 12.7. The Labute approximate surface area is 128 Å². The Morgan fingerprint density at radius 2 is 2.29 bits per heavy atom. The first-order valence-electron chi connectivity index (χ1n) is 6.72. The molecule has 0 fully saturated rings. The van der Waals surface area contributed by atoms with Crippen LogP contribution in [0, 0.1) is 0 Å². The third-order valence-corrected chi connectivity index (χ3v) is 3.90. The number of benzene rings is 1. The van der Waals surface area contributed by atoms with E-state index < -0.39 is 5.91 Å². The molecule has 2 rings (SSSR count). The summed E-state index contributed by atoms with van der Waals surface area (Å²) < 4.78 is 5.34. The van der Waals surface area contributed by atoms with Crippen molar-refractivity contribution in [3.8, 4) is 5.75 Å². The number of nitrogens with zero attached hydrogens (tertiary/aromatic N) is 2. The van der Waals surface area contributed by atoms with Crippen molar-refractivity contribution in [1.29, 1.82) is 0 Å². The molecule has 6 nitrogen and oxygen atoms in total. The van der Waals surface area contributed by atoms with E-state index in [1.165, 1.54) is 13.2 Å². The van der Waals surface area contributed by atoms with Gasteiger partial charge in [-0.1, -0.05) is 11.6 Å². The van der Waals surface area contributed by atoms with E-state index in [0.717, 1.165) is 25.5 Å². The lowest BCUT2D eigenvalue weighted by Crippen LogP contribution is -2.29. The first-order valence-corrected chi connectivity index (χ1v) is 7.10. The molecule has 1 amide bonds. The molecule has 1 heterocycles. The van der Waals surface area contributed by atoms with Crippen molar-refractivity contribution in [3.63, 3.8) is 0 Å². The van der Waals surface area contributed by atoms with Crippen molar-refractivity contribution in [1.82, 2.24) is 4.90 Å². The lowest BCUT2D eigenvalue weighted by molar-refractivity contribution is 0.0997. The monoisotopic (exact) mass is 310 g/mol. The van der Waals surface area contributed by atoms with Crippen LogP contribution in [0.1, 0.15) is 22.8 Å². The van der Waals surface area contributed by atoms with Crippen LogP contribution in [-0.4, -0.2) is 43.4 Å². The molecule has 0 saturated carbocycles. The van der Waals surface area contributed by atoms with Gasteiger partial charge >= 0.3 is 0 Å². The van der Waals surface area contributed by atoms with E-state index in [4.69, 9.17) is 27.8 Å². The molecule has 7 heteroatoms. The van der Waals surface area contributed by atoms with Crippen LogP contribution in [0.25, 0.3) is 0 Å². The maximum atomic E-state index is 11.6. The van der Waals surface area contributed by atoms with E-state index >= 15 is 0 Å². The number of nitrogens with two attached hydrogens (primary N) is 2. The minimum atomic E-state index is -0.601. The van der Waals surface area contributed by atoms with Gasteiger partial charge in [-0.2, -0.15) is 0 Å². The number of methoxy groups -OCH3 is 1. The Morgan fingerprint density at radius 1 is 1.57 bits per heavy atom. The van der Waals surface area contributed by atoms with Gasteiger partial charge in [-0.3, -0.25) is 9.79 Å². The van der Waals surface area contributed by atoms with Crippen molar-refractivity contribution in [2.24, 2.45) is 10.7 Å². The first-order chi connectivity index (χ1) is 9.99. The SMILES string of the molecule is CCN1CCN=C1Cc1c(N)c(Cl)cc(C(N)=O)c1OC. The topological polar surface area (TPSA) is 93.9 Å². The fourth-order valence-corrected chi connectivity index (χ4v) is 2.71. The number of likely N-dealkylation sites (N-methyl/N-ethyl adjacent to an activating group) is 1. The summed E-state index contributed by atoms with van der Waals surface area (Å²) in [4.78, 5) is 18.2. The van der Waals surface area contributed by atoms with E-state index in [9.17, 15) is 4.79 Å². The standard InChI is InChI=1S/C14H19ClN4O2/c1-3-19-5-4-18-11(19)7-8-12(16)10(15)6-9(14(17)20)13(8)21-2/h6H,3-5,7,16H2,1-2H3,(H2,17,20). The van der Waals surface area contributed by atoms with Gasteiger partial charge in [-0.05, 0) is 13.0 Å². The Balaban J connectivity index is 2.49. The number of hydrogen-bond donors (Lipinski definition) is 2. The fourth-order valence-electron chi connectivity index (χ4n) is 2.49. The molecule has 21 heavy (non-hydrogen) atoms. The molecule has 0 atom stereocenters. The van der Waals surface area contributed by atoms with E-state index in [-0.39, 0.29) is 5.56 Å². The average Bonchev–Trinajstić information content (AvgIpc) is 2.90. The number of amides is 1. The van der Waals surface area contributed by atoms with Crippen LogP contribution in [0.5, 0.6) is 5.75 Å². The number of carbonyl (C=O) groups excluding carboxylic acids is 1. The molecule has 0 unspecified atom stereocenters. The number of amidine groups is 1. The predicted octanol–water partition coefficient (Wildman–Crippen LogP) is 1.31. The second-order valence-electron chi connectivity index (χ2n) is 4.75. The smallest absolute Gasteiger partial charge is 0.252 e. The molecule has 1 aromatic rings. The van der Waals surface area contributed by atoms with Crippen molar-refractivity contribution in [3.05, 3.63) is 22.2 Å². The molecule has 114 valence electrons. The lowest BCUT2D eigenvalue weighted by Gasteiger charge is -2.21. The number of hydrogen-bond acceptors (Lipinski definition) is 5. The average molecular weight is 311 g/mol. The maximum Gasteiger partial charge on any atom is 0.252 e. The normalized spacial score (nSPS) is 14.2. The zero-order valence-electron chi connectivity index (χ0n) is 12.1. The van der Waals surface area contributed by atoms with Crippen molar-refractivity contribution >= 4 is 29.0 Å². The van der Waals surface area contributed by atoms with Crippen LogP contribution in [0.2, 0.25) is 5.02 Å². The number of aliphatic imine (C=N–C) groups is 1. The summed E-state index contributed by atoms with van der Waals surface area (Å²) in [5, 5.41) is 0.293. The fraction of sp³-hybridized carbons (Fsp3) is 0.429. The number of anilines is 1. The number of primary amides is 1. The third kappa shape index (κ3) is 2.90. The maximum absolute atomic E-state index is 11.6. The molecule has 1 aliphatic heterocycles. The Hall–Kier alpha value is -1.95. The van der Waals surface area contributed by atoms with Crippen LogP contribution in [0.4, 0.5) is 5.69 Å². The molecular formula is C14H19ClN4O2. The third-order valence-electron chi connectivity index (χ3n) is 3.59. The van der Waals surface area contributed by atoms with Gasteiger partial charge in [0.2, 0.25) is 0 Å². The number of ether oxygens (including phenoxy) is 1. The summed E-state index contributed by atoms with van der Waals surface area (Å²) >= 11 is 6.11. The van der Waals surface area contributed by atoms with Gasteiger partial charge in [0.15, 0.2) is 0 Å². The predicted molar refractivity (Wildman–Crippen MR) is 84.2 cm³/mol. The second-order valence-corrected chi connectivity index (χ2v) is 5.16.